The molecule has 0 saturated carbocycles. The van der Waals surface area contributed by atoms with Crippen molar-refractivity contribution in [3.8, 4) is 0 Å². The molecule has 0 radical (unpaired) electrons. The number of hydrogen-bond donors (Lipinski definition) is 1. The first kappa shape index (κ1) is 9.45. The maximum atomic E-state index is 11.5. The van der Waals surface area contributed by atoms with Gasteiger partial charge in [-0.2, -0.15) is 0 Å². The van der Waals surface area contributed by atoms with Crippen LogP contribution in [-0.2, 0) is 9.59 Å². The van der Waals surface area contributed by atoms with Crippen LogP contribution in [0.5, 0.6) is 0 Å². The lowest BCUT2D eigenvalue weighted by Crippen LogP contribution is -2.52. The first-order chi connectivity index (χ1) is 6.59. The Morgan fingerprint density at radius 1 is 1.50 bits per heavy atom. The maximum absolute atomic E-state index is 11.5. The molecule has 5 heteroatoms. The Hall–Kier alpha value is -1.10. The molecule has 0 aromatic carbocycles. The van der Waals surface area contributed by atoms with E-state index >= 15 is 0 Å². The fraction of sp³-hybridized carbons (Fsp3) is 0.778. The monoisotopic (exact) mass is 198 g/mol. The van der Waals surface area contributed by atoms with Gasteiger partial charge < -0.3 is 14.9 Å². The average Bonchev–Trinajstić information content (AvgIpc) is 2.43. The molecule has 0 aromatic rings. The van der Waals surface area contributed by atoms with E-state index in [4.69, 9.17) is 5.11 Å². The fourth-order valence-corrected chi connectivity index (χ4v) is 2.30. The zero-order chi connectivity index (χ0) is 10.3. The number of amides is 1. The van der Waals surface area contributed by atoms with Gasteiger partial charge in [-0.1, -0.05) is 0 Å². The quantitative estimate of drug-likeness (QED) is 0.601. The highest BCUT2D eigenvalue weighted by atomic mass is 16.4. The molecule has 14 heavy (non-hydrogen) atoms. The molecule has 2 saturated heterocycles. The molecule has 2 unspecified atom stereocenters. The minimum atomic E-state index is -0.846. The summed E-state index contributed by atoms with van der Waals surface area (Å²) in [5.74, 6) is -1.36. The molecule has 2 heterocycles. The van der Waals surface area contributed by atoms with Crippen molar-refractivity contribution in [2.45, 2.75) is 12.5 Å². The molecule has 0 aromatic heterocycles. The van der Waals surface area contributed by atoms with Crippen molar-refractivity contribution in [1.29, 1.82) is 0 Å². The normalized spacial score (nSPS) is 33.2. The van der Waals surface area contributed by atoms with Gasteiger partial charge in [-0.05, 0) is 7.05 Å². The van der Waals surface area contributed by atoms with Crippen molar-refractivity contribution >= 4 is 11.9 Å². The van der Waals surface area contributed by atoms with Crippen LogP contribution in [0.4, 0.5) is 0 Å². The summed E-state index contributed by atoms with van der Waals surface area (Å²) in [7, 11) is 1.96. The summed E-state index contributed by atoms with van der Waals surface area (Å²) in [6.45, 7) is 2.20. The summed E-state index contributed by atoms with van der Waals surface area (Å²) in [4.78, 5) is 26.2. The van der Waals surface area contributed by atoms with Gasteiger partial charge in [0.2, 0.25) is 5.91 Å². The van der Waals surface area contributed by atoms with Crippen LogP contribution in [0, 0.1) is 5.92 Å². The van der Waals surface area contributed by atoms with E-state index in [1.54, 1.807) is 4.90 Å². The molecule has 0 spiro atoms. The molecular weight excluding hydrogens is 184 g/mol. The minimum absolute atomic E-state index is 0.00417. The maximum Gasteiger partial charge on any atom is 0.309 e. The molecule has 0 aliphatic carbocycles. The van der Waals surface area contributed by atoms with Gasteiger partial charge in [0.15, 0.2) is 0 Å². The van der Waals surface area contributed by atoms with Crippen molar-refractivity contribution in [2.24, 2.45) is 5.92 Å². The number of carboxylic acids is 1. The lowest BCUT2D eigenvalue weighted by atomic mass is 9.99. The van der Waals surface area contributed by atoms with E-state index in [9.17, 15) is 9.59 Å². The summed E-state index contributed by atoms with van der Waals surface area (Å²) in [5.41, 5.74) is 0. The van der Waals surface area contributed by atoms with E-state index in [2.05, 4.69) is 4.90 Å². The number of likely N-dealkylation sites (N-methyl/N-ethyl adjacent to an activating group) is 1. The van der Waals surface area contributed by atoms with Crippen molar-refractivity contribution in [3.63, 3.8) is 0 Å². The summed E-state index contributed by atoms with van der Waals surface area (Å²) in [5, 5.41) is 8.96. The Labute approximate surface area is 82.3 Å². The topological polar surface area (TPSA) is 60.9 Å². The Morgan fingerprint density at radius 2 is 2.21 bits per heavy atom. The number of aliphatic carboxylic acids is 1. The predicted octanol–water partition coefficient (Wildman–Crippen LogP) is -0.766. The summed E-state index contributed by atoms with van der Waals surface area (Å²) in [6, 6.07) is -0.112. The van der Waals surface area contributed by atoms with Gasteiger partial charge in [-0.25, -0.2) is 0 Å². The second-order valence-electron chi connectivity index (χ2n) is 4.07. The first-order valence-corrected chi connectivity index (χ1v) is 4.80. The largest absolute Gasteiger partial charge is 0.481 e. The summed E-state index contributed by atoms with van der Waals surface area (Å²) >= 11 is 0. The molecule has 2 aliphatic heterocycles. The Morgan fingerprint density at radius 3 is 2.86 bits per heavy atom. The number of hydrogen-bond acceptors (Lipinski definition) is 3. The smallest absolute Gasteiger partial charge is 0.309 e. The Balaban J connectivity index is 2.17. The summed E-state index contributed by atoms with van der Waals surface area (Å²) in [6.07, 6.45) is 0.174. The zero-order valence-corrected chi connectivity index (χ0v) is 8.14. The Kier molecular flexibility index (Phi) is 2.19. The lowest BCUT2D eigenvalue weighted by molar-refractivity contribution is -0.143. The van der Waals surface area contributed by atoms with Gasteiger partial charge in [-0.3, -0.25) is 9.59 Å². The molecule has 1 N–H and O–H groups in total. The van der Waals surface area contributed by atoms with Crippen LogP contribution in [0.3, 0.4) is 0 Å². The molecule has 2 rings (SSSR count). The van der Waals surface area contributed by atoms with E-state index in [-0.39, 0.29) is 18.4 Å². The highest BCUT2D eigenvalue weighted by Gasteiger charge is 2.45. The number of carboxylic acid groups (broad SMARTS) is 1. The molecule has 0 bridgehead atoms. The highest BCUT2D eigenvalue weighted by Crippen LogP contribution is 2.28. The number of piperazine rings is 1. The molecule has 78 valence electrons. The van der Waals surface area contributed by atoms with Gasteiger partial charge >= 0.3 is 5.97 Å². The van der Waals surface area contributed by atoms with E-state index in [0.717, 1.165) is 6.54 Å². The van der Waals surface area contributed by atoms with Crippen LogP contribution >= 0.6 is 0 Å². The average molecular weight is 198 g/mol. The second kappa shape index (κ2) is 3.24. The molecule has 5 nitrogen and oxygen atoms in total. The third-order valence-electron chi connectivity index (χ3n) is 3.12. The molecule has 2 atom stereocenters. The van der Waals surface area contributed by atoms with Crippen LogP contribution < -0.4 is 0 Å². The van der Waals surface area contributed by atoms with Crippen molar-refractivity contribution in [1.82, 2.24) is 9.80 Å². The highest BCUT2D eigenvalue weighted by molar-refractivity contribution is 5.87. The van der Waals surface area contributed by atoms with Crippen molar-refractivity contribution in [3.05, 3.63) is 0 Å². The van der Waals surface area contributed by atoms with Gasteiger partial charge in [-0.15, -0.1) is 0 Å². The number of fused-ring (bicyclic) bond motifs is 1. The number of carbonyl (C=O) groups is 2. The van der Waals surface area contributed by atoms with Gasteiger partial charge in [0.25, 0.3) is 0 Å². The third kappa shape index (κ3) is 1.37. The van der Waals surface area contributed by atoms with Crippen molar-refractivity contribution < 1.29 is 14.7 Å². The Bertz CT molecular complexity index is 279. The van der Waals surface area contributed by atoms with Crippen LogP contribution in [0.25, 0.3) is 0 Å². The van der Waals surface area contributed by atoms with Crippen LogP contribution in [0.1, 0.15) is 6.42 Å². The lowest BCUT2D eigenvalue weighted by Gasteiger charge is -2.36. The number of rotatable bonds is 1. The van der Waals surface area contributed by atoms with E-state index < -0.39 is 11.9 Å². The van der Waals surface area contributed by atoms with E-state index in [0.29, 0.717) is 13.1 Å². The summed E-state index contributed by atoms with van der Waals surface area (Å²) < 4.78 is 0. The van der Waals surface area contributed by atoms with Gasteiger partial charge in [0, 0.05) is 26.1 Å². The van der Waals surface area contributed by atoms with Gasteiger partial charge in [0.05, 0.1) is 12.0 Å². The van der Waals surface area contributed by atoms with Crippen LogP contribution in [-0.4, -0.2) is 59.5 Å². The van der Waals surface area contributed by atoms with Crippen LogP contribution in [0.2, 0.25) is 0 Å². The number of carbonyl (C=O) groups excluding carboxylic acids is 1. The molecule has 2 fully saturated rings. The zero-order valence-electron chi connectivity index (χ0n) is 8.14. The third-order valence-corrected chi connectivity index (χ3v) is 3.12. The minimum Gasteiger partial charge on any atom is -0.481 e. The molecular formula is C9H14N2O3. The van der Waals surface area contributed by atoms with Gasteiger partial charge in [0.1, 0.15) is 0 Å². The predicted molar refractivity (Wildman–Crippen MR) is 48.7 cm³/mol. The second-order valence-corrected chi connectivity index (χ2v) is 4.07. The molecule has 2 aliphatic rings. The first-order valence-electron chi connectivity index (χ1n) is 4.80. The standard InChI is InChI=1S/C9H14N2O3/c1-10-2-3-11-7(5-10)6(9(13)14)4-8(11)12/h6-7H,2-5H2,1H3,(H,13,14). The van der Waals surface area contributed by atoms with Crippen LogP contribution in [0.15, 0.2) is 0 Å². The van der Waals surface area contributed by atoms with E-state index in [1.165, 1.54) is 0 Å². The van der Waals surface area contributed by atoms with Crippen molar-refractivity contribution in [2.75, 3.05) is 26.7 Å². The molecule has 1 amide bonds. The number of nitrogens with zero attached hydrogens (tertiary/aromatic N) is 2. The fourth-order valence-electron chi connectivity index (χ4n) is 2.30. The SMILES string of the molecule is CN1CCN2C(=O)CC(C(=O)O)C2C1. The van der Waals surface area contributed by atoms with E-state index in [1.807, 2.05) is 7.05 Å².